The highest BCUT2D eigenvalue weighted by molar-refractivity contribution is 5.84. The number of aliphatic hydroxyl groups is 2. The summed E-state index contributed by atoms with van der Waals surface area (Å²) >= 11 is 0. The minimum atomic E-state index is -1.42. The molecule has 212 valence electrons. The number of nitrogens with zero attached hydrogens (tertiary/aromatic N) is 5. The first-order valence-corrected chi connectivity index (χ1v) is 13.3. The summed E-state index contributed by atoms with van der Waals surface area (Å²) in [6.07, 6.45) is -0.727. The van der Waals surface area contributed by atoms with E-state index in [1.807, 2.05) is 0 Å². The number of hydrogen-bond donors (Lipinski definition) is 5. The number of aromatic nitrogens is 4. The van der Waals surface area contributed by atoms with E-state index in [2.05, 4.69) is 37.4 Å². The van der Waals surface area contributed by atoms with Crippen LogP contribution in [0, 0.1) is 17.8 Å². The number of β-lactam (4-membered cyclic amide) rings is 1. The zero-order chi connectivity index (χ0) is 28.0. The Morgan fingerprint density at radius 1 is 1.20 bits per heavy atom. The topological polar surface area (TPSA) is 207 Å². The van der Waals surface area contributed by atoms with Crippen LogP contribution in [0.2, 0.25) is 0 Å². The number of carbonyl (C=O) groups is 3. The number of hydrogen-bond acceptors (Lipinski definition) is 11. The molecular weight excluding hydrogens is 524 g/mol. The van der Waals surface area contributed by atoms with E-state index in [0.717, 1.165) is 25.7 Å². The number of piperidine rings is 1. The van der Waals surface area contributed by atoms with E-state index in [-0.39, 0.29) is 47.1 Å². The Balaban J connectivity index is 1.08. The number of rotatable bonds is 5. The molecule has 3 saturated heterocycles. The Bertz CT molecular complexity index is 1380. The number of likely N-dealkylation sites (tertiary alicyclic amines) is 1. The van der Waals surface area contributed by atoms with Gasteiger partial charge in [0.05, 0.1) is 12.7 Å². The van der Waals surface area contributed by atoms with Gasteiger partial charge in [0.15, 0.2) is 30.0 Å². The summed E-state index contributed by atoms with van der Waals surface area (Å²) in [6.45, 7) is 1.07. The fraction of sp³-hybridized carbons (Fsp3) is 0.600. The van der Waals surface area contributed by atoms with Crippen molar-refractivity contribution in [3.8, 4) is 11.8 Å². The Morgan fingerprint density at radius 2 is 1.95 bits per heavy atom. The first-order chi connectivity index (χ1) is 19.3. The summed E-state index contributed by atoms with van der Waals surface area (Å²) in [5, 5.41) is 26.4. The van der Waals surface area contributed by atoms with Gasteiger partial charge in [-0.15, -0.1) is 0 Å². The monoisotopic (exact) mass is 554 g/mol. The third-order valence-electron chi connectivity index (χ3n) is 7.54. The highest BCUT2D eigenvalue weighted by atomic mass is 16.6. The maximum Gasteiger partial charge on any atom is 0.411 e. The number of nitrogens with one attached hydrogen (secondary N) is 2. The number of anilines is 1. The Hall–Kier alpha value is -4.00. The second-order valence-corrected chi connectivity index (χ2v) is 10.5. The molecule has 15 nitrogen and oxygen atoms in total. The zero-order valence-electron chi connectivity index (χ0n) is 21.5. The third-order valence-corrected chi connectivity index (χ3v) is 7.54. The lowest BCUT2D eigenvalue weighted by molar-refractivity contribution is -0.138. The molecule has 15 heteroatoms. The van der Waals surface area contributed by atoms with Crippen molar-refractivity contribution in [1.29, 1.82) is 0 Å². The number of carbonyl (C=O) groups excluding carboxylic acids is 3. The van der Waals surface area contributed by atoms with Crippen LogP contribution in [0.3, 0.4) is 0 Å². The summed E-state index contributed by atoms with van der Waals surface area (Å²) in [4.78, 5) is 50.2. The largest absolute Gasteiger partial charge is 0.425 e. The Kier molecular flexibility index (Phi) is 6.90. The van der Waals surface area contributed by atoms with Gasteiger partial charge >= 0.3 is 6.09 Å². The van der Waals surface area contributed by atoms with Gasteiger partial charge in [-0.1, -0.05) is 5.92 Å². The molecule has 0 radical (unpaired) electrons. The number of amides is 3. The molecule has 1 aliphatic carbocycles. The number of imidazole rings is 1. The van der Waals surface area contributed by atoms with E-state index in [9.17, 15) is 24.6 Å². The van der Waals surface area contributed by atoms with Crippen LogP contribution in [0.1, 0.15) is 50.6 Å². The average molecular weight is 555 g/mol. The summed E-state index contributed by atoms with van der Waals surface area (Å²) in [7, 11) is 0. The van der Waals surface area contributed by atoms with Crippen molar-refractivity contribution in [2.75, 3.05) is 18.8 Å². The van der Waals surface area contributed by atoms with Crippen LogP contribution in [0.15, 0.2) is 6.33 Å². The smallest absolute Gasteiger partial charge is 0.411 e. The second kappa shape index (κ2) is 10.5. The van der Waals surface area contributed by atoms with Crippen LogP contribution in [-0.4, -0.2) is 96.2 Å². The molecule has 3 amide bonds. The lowest BCUT2D eigenvalue weighted by Gasteiger charge is -2.33. The molecule has 1 saturated carbocycles. The minimum absolute atomic E-state index is 0.0776. The van der Waals surface area contributed by atoms with Gasteiger partial charge in [0.1, 0.15) is 17.7 Å². The van der Waals surface area contributed by atoms with Crippen molar-refractivity contribution in [3.63, 3.8) is 0 Å². The number of aliphatic hydroxyl groups excluding tert-OH is 2. The molecular formula is C25H30N8O7. The van der Waals surface area contributed by atoms with Crippen molar-refractivity contribution in [2.45, 2.75) is 75.3 Å². The predicted octanol–water partition coefficient (Wildman–Crippen LogP) is -1.26. The van der Waals surface area contributed by atoms with E-state index < -0.39 is 42.8 Å². The maximum absolute atomic E-state index is 12.5. The Labute approximate surface area is 228 Å². The van der Waals surface area contributed by atoms with Crippen molar-refractivity contribution >= 4 is 34.9 Å². The van der Waals surface area contributed by atoms with Gasteiger partial charge in [-0.2, -0.15) is 0 Å². The van der Waals surface area contributed by atoms with E-state index >= 15 is 0 Å². The fourth-order valence-corrected chi connectivity index (χ4v) is 4.99. The molecule has 0 aromatic carbocycles. The van der Waals surface area contributed by atoms with Gasteiger partial charge in [0, 0.05) is 25.6 Å². The van der Waals surface area contributed by atoms with Crippen LogP contribution >= 0.6 is 0 Å². The first kappa shape index (κ1) is 26.2. The molecule has 2 aromatic heterocycles. The minimum Gasteiger partial charge on any atom is -0.425 e. The first-order valence-electron chi connectivity index (χ1n) is 13.3. The molecule has 4 aliphatic rings. The van der Waals surface area contributed by atoms with Crippen molar-refractivity contribution in [3.05, 3.63) is 12.2 Å². The van der Waals surface area contributed by atoms with Gasteiger partial charge in [-0.25, -0.2) is 19.7 Å². The van der Waals surface area contributed by atoms with Crippen LogP contribution in [0.5, 0.6) is 0 Å². The number of nitrogen functional groups attached to an aromatic ring is 1. The molecule has 2 aromatic rings. The zero-order valence-corrected chi connectivity index (χ0v) is 21.5. The highest BCUT2D eigenvalue weighted by Crippen LogP contribution is 2.33. The van der Waals surface area contributed by atoms with E-state index in [4.69, 9.17) is 15.2 Å². The Morgan fingerprint density at radius 3 is 2.65 bits per heavy atom. The molecule has 40 heavy (non-hydrogen) atoms. The summed E-state index contributed by atoms with van der Waals surface area (Å²) < 4.78 is 12.4. The fourth-order valence-electron chi connectivity index (χ4n) is 4.99. The van der Waals surface area contributed by atoms with Gasteiger partial charge in [0.25, 0.3) is 5.91 Å². The SMILES string of the molecule is Nc1nc(C#CCC2CCN(C(=O)OC3CC(=O)N3)CC2)nc2c1ncn2[C@@H]1O[C@H](C(=O)NC2CC2)[C@H](O)C1O. The highest BCUT2D eigenvalue weighted by Gasteiger charge is 2.48. The van der Waals surface area contributed by atoms with Crippen molar-refractivity contribution < 1.29 is 34.1 Å². The van der Waals surface area contributed by atoms with Crippen LogP contribution in [0.25, 0.3) is 11.2 Å². The number of nitrogens with two attached hydrogens (primary N) is 1. The van der Waals surface area contributed by atoms with Crippen molar-refractivity contribution in [2.24, 2.45) is 5.92 Å². The van der Waals surface area contributed by atoms with Gasteiger partial charge < -0.3 is 41.0 Å². The molecule has 6 rings (SSSR count). The van der Waals surface area contributed by atoms with E-state index in [0.29, 0.717) is 19.5 Å². The third kappa shape index (κ3) is 5.25. The quantitative estimate of drug-likeness (QED) is 0.218. The molecule has 4 fully saturated rings. The second-order valence-electron chi connectivity index (χ2n) is 10.5. The summed E-state index contributed by atoms with van der Waals surface area (Å²) in [6, 6.07) is 0.0776. The molecule has 0 bridgehead atoms. The molecule has 5 heterocycles. The lowest BCUT2D eigenvalue weighted by Crippen LogP contribution is -2.53. The van der Waals surface area contributed by atoms with Crippen LogP contribution in [0.4, 0.5) is 10.6 Å². The van der Waals surface area contributed by atoms with Crippen LogP contribution < -0.4 is 16.4 Å². The van der Waals surface area contributed by atoms with E-state index in [1.165, 1.54) is 10.9 Å². The van der Waals surface area contributed by atoms with Gasteiger partial charge in [-0.3, -0.25) is 14.2 Å². The molecule has 0 spiro atoms. The van der Waals surface area contributed by atoms with Gasteiger partial charge in [0.2, 0.25) is 11.7 Å². The predicted molar refractivity (Wildman–Crippen MR) is 136 cm³/mol. The average Bonchev–Trinajstić information content (AvgIpc) is 3.55. The normalized spacial score (nSPS) is 28.4. The summed E-state index contributed by atoms with van der Waals surface area (Å²) in [5.74, 6) is 5.94. The maximum atomic E-state index is 12.5. The lowest BCUT2D eigenvalue weighted by atomic mass is 9.94. The van der Waals surface area contributed by atoms with Gasteiger partial charge in [-0.05, 0) is 37.5 Å². The molecule has 5 atom stereocenters. The molecule has 2 unspecified atom stereocenters. The standard InChI is InChI=1S/C25H30N8O7/c26-21-17-22(33(11-27-17)24-19(36)18(35)20(40-24)23(37)28-13-4-5-13)30-14(29-21)3-1-2-12-6-8-32(9-7-12)25(38)39-16-10-15(34)31-16/h11-13,16,18-20,24,35-36H,2,4-10H2,(H,28,37)(H,31,34)(H2,26,29,30)/t16?,18-,19?,20+,24-/m1/s1. The molecule has 3 aliphatic heterocycles. The number of ether oxygens (including phenoxy) is 2. The van der Waals surface area contributed by atoms with Crippen LogP contribution in [-0.2, 0) is 19.1 Å². The van der Waals surface area contributed by atoms with Crippen molar-refractivity contribution in [1.82, 2.24) is 35.1 Å². The number of fused-ring (bicyclic) bond motifs is 1. The summed E-state index contributed by atoms with van der Waals surface area (Å²) in [5.41, 5.74) is 6.63. The molecule has 6 N–H and O–H groups in total. The van der Waals surface area contributed by atoms with E-state index in [1.54, 1.807) is 4.90 Å².